The molecule has 3 aromatic rings. The average molecular weight is 511 g/mol. The van der Waals surface area contributed by atoms with Gasteiger partial charge >= 0.3 is 0 Å². The molecule has 4 rings (SSSR count). The Morgan fingerprint density at radius 2 is 1.78 bits per heavy atom. The van der Waals surface area contributed by atoms with E-state index in [9.17, 15) is 13.2 Å². The first-order valence-corrected chi connectivity index (χ1v) is 13.3. The van der Waals surface area contributed by atoms with Gasteiger partial charge in [-0.25, -0.2) is 13.4 Å². The lowest BCUT2D eigenvalue weighted by molar-refractivity contribution is 0.0996. The van der Waals surface area contributed by atoms with Gasteiger partial charge in [0.15, 0.2) is 5.69 Å². The van der Waals surface area contributed by atoms with Crippen LogP contribution in [0, 0.1) is 0 Å². The highest BCUT2D eigenvalue weighted by Crippen LogP contribution is 2.34. The zero-order chi connectivity index (χ0) is 25.9. The number of pyridine rings is 1. The van der Waals surface area contributed by atoms with E-state index in [1.807, 2.05) is 24.3 Å². The molecule has 1 aliphatic heterocycles. The fourth-order valence-corrected chi connectivity index (χ4v) is 4.64. The molecule has 1 saturated heterocycles. The van der Waals surface area contributed by atoms with E-state index in [1.165, 1.54) is 6.20 Å². The lowest BCUT2D eigenvalue weighted by Crippen LogP contribution is -2.44. The fraction of sp³-hybridized carbons (Fsp3) is 0.280. The zero-order valence-electron chi connectivity index (χ0n) is 20.5. The number of hydrogen-bond acceptors (Lipinski definition) is 8. The van der Waals surface area contributed by atoms with Gasteiger partial charge in [-0.05, 0) is 42.9 Å². The van der Waals surface area contributed by atoms with Gasteiger partial charge in [-0.1, -0.05) is 12.1 Å². The third-order valence-electron chi connectivity index (χ3n) is 5.94. The highest BCUT2D eigenvalue weighted by Gasteiger charge is 2.18. The van der Waals surface area contributed by atoms with Crippen molar-refractivity contribution in [3.63, 3.8) is 0 Å². The number of anilines is 4. The van der Waals surface area contributed by atoms with E-state index in [1.54, 1.807) is 31.4 Å². The summed E-state index contributed by atoms with van der Waals surface area (Å²) in [5.41, 5.74) is 9.61. The van der Waals surface area contributed by atoms with Crippen LogP contribution in [-0.2, 0) is 10.0 Å². The minimum Gasteiger partial charge on any atom is -0.494 e. The molecule has 2 heterocycles. The SMILES string of the molecule is COc1cc(N2CCN(C)CC2)ccc1Nc1cc(-c2cccc(NS(C)(=O)=O)c2)cnc1C(N)=O. The van der Waals surface area contributed by atoms with Gasteiger partial charge in [0.2, 0.25) is 10.0 Å². The highest BCUT2D eigenvalue weighted by atomic mass is 32.2. The van der Waals surface area contributed by atoms with E-state index >= 15 is 0 Å². The van der Waals surface area contributed by atoms with Crippen LogP contribution in [0.15, 0.2) is 54.7 Å². The quantitative estimate of drug-likeness (QED) is 0.422. The predicted molar refractivity (Wildman–Crippen MR) is 143 cm³/mol. The molecule has 1 amide bonds. The van der Waals surface area contributed by atoms with Crippen molar-refractivity contribution in [1.29, 1.82) is 0 Å². The number of primary amides is 1. The molecule has 36 heavy (non-hydrogen) atoms. The Bertz CT molecular complexity index is 1370. The monoisotopic (exact) mass is 510 g/mol. The van der Waals surface area contributed by atoms with Gasteiger partial charge < -0.3 is 25.6 Å². The number of ether oxygens (including phenoxy) is 1. The number of rotatable bonds is 8. The Morgan fingerprint density at radius 3 is 2.44 bits per heavy atom. The number of carbonyl (C=O) groups is 1. The number of nitrogens with two attached hydrogens (primary N) is 1. The molecule has 11 heteroatoms. The number of methoxy groups -OCH3 is 1. The normalized spacial score (nSPS) is 14.4. The summed E-state index contributed by atoms with van der Waals surface area (Å²) >= 11 is 0. The van der Waals surface area contributed by atoms with Crippen LogP contribution in [0.5, 0.6) is 5.75 Å². The minimum atomic E-state index is -3.42. The number of piperazine rings is 1. The van der Waals surface area contributed by atoms with Crippen LogP contribution in [0.3, 0.4) is 0 Å². The molecule has 10 nitrogen and oxygen atoms in total. The number of amides is 1. The van der Waals surface area contributed by atoms with Crippen molar-refractivity contribution in [2.75, 3.05) is 61.5 Å². The maximum Gasteiger partial charge on any atom is 0.269 e. The maximum atomic E-state index is 12.1. The lowest BCUT2D eigenvalue weighted by Gasteiger charge is -2.34. The van der Waals surface area contributed by atoms with Crippen LogP contribution in [0.25, 0.3) is 11.1 Å². The second kappa shape index (κ2) is 10.4. The van der Waals surface area contributed by atoms with Gasteiger partial charge in [-0.3, -0.25) is 9.52 Å². The summed E-state index contributed by atoms with van der Waals surface area (Å²) in [5.74, 6) is -0.0591. The number of benzene rings is 2. The Morgan fingerprint density at radius 1 is 1.03 bits per heavy atom. The van der Waals surface area contributed by atoms with Gasteiger partial charge in [0.1, 0.15) is 5.75 Å². The molecule has 0 unspecified atom stereocenters. The number of hydrogen-bond donors (Lipinski definition) is 3. The van der Waals surface area contributed by atoms with E-state index in [4.69, 9.17) is 10.5 Å². The zero-order valence-corrected chi connectivity index (χ0v) is 21.3. The van der Waals surface area contributed by atoms with Crippen molar-refractivity contribution in [3.05, 3.63) is 60.4 Å². The summed E-state index contributed by atoms with van der Waals surface area (Å²) in [7, 11) is 0.284. The molecule has 0 radical (unpaired) electrons. The van der Waals surface area contributed by atoms with Gasteiger partial charge in [0, 0.05) is 55.4 Å². The van der Waals surface area contributed by atoms with E-state index in [2.05, 4.69) is 31.9 Å². The second-order valence-corrected chi connectivity index (χ2v) is 10.5. The highest BCUT2D eigenvalue weighted by molar-refractivity contribution is 7.92. The van der Waals surface area contributed by atoms with E-state index < -0.39 is 15.9 Å². The molecule has 2 aromatic carbocycles. The number of carbonyl (C=O) groups excluding carboxylic acids is 1. The summed E-state index contributed by atoms with van der Waals surface area (Å²) < 4.78 is 31.4. The number of nitrogens with one attached hydrogen (secondary N) is 2. The van der Waals surface area contributed by atoms with E-state index in [0.29, 0.717) is 33.9 Å². The summed E-state index contributed by atoms with van der Waals surface area (Å²) in [4.78, 5) is 21.0. The van der Waals surface area contributed by atoms with Crippen molar-refractivity contribution in [2.24, 2.45) is 5.73 Å². The molecule has 0 spiro atoms. The fourth-order valence-electron chi connectivity index (χ4n) is 4.08. The smallest absolute Gasteiger partial charge is 0.269 e. The first-order valence-electron chi connectivity index (χ1n) is 11.4. The molecule has 190 valence electrons. The Balaban J connectivity index is 1.66. The van der Waals surface area contributed by atoms with Crippen LogP contribution >= 0.6 is 0 Å². The van der Waals surface area contributed by atoms with Gasteiger partial charge in [0.05, 0.1) is 24.7 Å². The maximum absolute atomic E-state index is 12.1. The van der Waals surface area contributed by atoms with Gasteiger partial charge in [-0.2, -0.15) is 0 Å². The molecule has 1 fully saturated rings. The summed E-state index contributed by atoms with van der Waals surface area (Å²) in [5, 5.41) is 3.25. The second-order valence-electron chi connectivity index (χ2n) is 8.74. The first kappa shape index (κ1) is 25.3. The van der Waals surface area contributed by atoms with Crippen LogP contribution in [0.4, 0.5) is 22.7 Å². The van der Waals surface area contributed by atoms with Gasteiger partial charge in [0.25, 0.3) is 5.91 Å². The number of sulfonamides is 1. The molecule has 0 aliphatic carbocycles. The standard InChI is InChI=1S/C25H30N6O4S/c1-30-9-11-31(12-10-30)20-7-8-21(23(15-20)35-2)28-22-14-18(16-27-24(22)25(26)32)17-5-4-6-19(13-17)29-36(3,33)34/h4-8,13-16,28-29H,9-12H2,1-3H3,(H2,26,32). The summed E-state index contributed by atoms with van der Waals surface area (Å²) in [6.07, 6.45) is 2.62. The van der Waals surface area contributed by atoms with E-state index in [-0.39, 0.29) is 5.69 Å². The van der Waals surface area contributed by atoms with Crippen molar-refractivity contribution >= 4 is 38.7 Å². The Kier molecular flexibility index (Phi) is 7.32. The third kappa shape index (κ3) is 6.04. The molecule has 0 saturated carbocycles. The van der Waals surface area contributed by atoms with Crippen LogP contribution in [0.2, 0.25) is 0 Å². The van der Waals surface area contributed by atoms with Crippen molar-refractivity contribution < 1.29 is 17.9 Å². The first-order chi connectivity index (χ1) is 17.1. The molecule has 1 aromatic heterocycles. The van der Waals surface area contributed by atoms with E-state index in [0.717, 1.165) is 38.1 Å². The average Bonchev–Trinajstić information content (AvgIpc) is 2.84. The van der Waals surface area contributed by atoms with Crippen LogP contribution in [-0.4, -0.2) is 70.8 Å². The van der Waals surface area contributed by atoms with Crippen molar-refractivity contribution in [2.45, 2.75) is 0 Å². The summed E-state index contributed by atoms with van der Waals surface area (Å²) in [6, 6.07) is 14.5. The lowest BCUT2D eigenvalue weighted by atomic mass is 10.1. The Labute approximate surface area is 211 Å². The molecular formula is C25H30N6O4S. The molecule has 1 aliphatic rings. The minimum absolute atomic E-state index is 0.0781. The van der Waals surface area contributed by atoms with Crippen LogP contribution in [0.1, 0.15) is 10.5 Å². The largest absolute Gasteiger partial charge is 0.494 e. The topological polar surface area (TPSA) is 130 Å². The molecule has 0 bridgehead atoms. The third-order valence-corrected chi connectivity index (χ3v) is 6.55. The Hall–Kier alpha value is -3.83. The van der Waals surface area contributed by atoms with Gasteiger partial charge in [-0.15, -0.1) is 0 Å². The number of aromatic nitrogens is 1. The van der Waals surface area contributed by atoms with Crippen molar-refractivity contribution in [1.82, 2.24) is 9.88 Å². The molecule has 4 N–H and O–H groups in total. The summed E-state index contributed by atoms with van der Waals surface area (Å²) in [6.45, 7) is 3.84. The number of likely N-dealkylation sites (N-methyl/N-ethyl adjacent to an activating group) is 1. The van der Waals surface area contributed by atoms with Crippen LogP contribution < -0.4 is 25.4 Å². The van der Waals surface area contributed by atoms with Crippen molar-refractivity contribution in [3.8, 4) is 16.9 Å². The molecular weight excluding hydrogens is 480 g/mol. The molecule has 0 atom stereocenters. The number of nitrogens with zero attached hydrogens (tertiary/aromatic N) is 3. The predicted octanol–water partition coefficient (Wildman–Crippen LogP) is 2.72.